The molecular formula is C10H18N2O4S. The van der Waals surface area contributed by atoms with E-state index in [2.05, 4.69) is 9.71 Å². The topological polar surface area (TPSA) is 91.4 Å². The van der Waals surface area contributed by atoms with Gasteiger partial charge in [0.25, 0.3) is 0 Å². The van der Waals surface area contributed by atoms with Gasteiger partial charge in [-0.15, -0.1) is 0 Å². The van der Waals surface area contributed by atoms with E-state index in [-0.39, 0.29) is 17.5 Å². The van der Waals surface area contributed by atoms with Crippen molar-refractivity contribution in [2.24, 2.45) is 0 Å². The van der Waals surface area contributed by atoms with Crippen molar-refractivity contribution < 1.29 is 18.3 Å². The number of hydrogen-bond acceptors (Lipinski definition) is 4. The first-order valence-corrected chi connectivity index (χ1v) is 6.77. The van der Waals surface area contributed by atoms with Gasteiger partial charge in [0.15, 0.2) is 0 Å². The molecule has 0 fully saturated rings. The van der Waals surface area contributed by atoms with Gasteiger partial charge in [-0.2, -0.15) is 0 Å². The molecule has 1 unspecified atom stereocenters. The highest BCUT2D eigenvalue weighted by molar-refractivity contribution is 7.89. The Morgan fingerprint density at radius 3 is 2.82 bits per heavy atom. The first-order chi connectivity index (χ1) is 7.99. The van der Waals surface area contributed by atoms with Crippen LogP contribution < -0.4 is 4.72 Å². The minimum absolute atomic E-state index is 0.130. The van der Waals surface area contributed by atoms with E-state index in [1.807, 2.05) is 0 Å². The lowest BCUT2D eigenvalue weighted by atomic mass is 10.3. The van der Waals surface area contributed by atoms with Crippen LogP contribution in [0.15, 0.2) is 17.2 Å². The summed E-state index contributed by atoms with van der Waals surface area (Å²) in [5, 5.41) is 8.85. The van der Waals surface area contributed by atoms with Gasteiger partial charge in [-0.25, -0.2) is 13.1 Å². The highest BCUT2D eigenvalue weighted by Gasteiger charge is 2.18. The van der Waals surface area contributed by atoms with Crippen molar-refractivity contribution in [2.75, 3.05) is 13.7 Å². The van der Waals surface area contributed by atoms with Crippen LogP contribution in [-0.2, 0) is 21.4 Å². The predicted molar refractivity (Wildman–Crippen MR) is 63.0 cm³/mol. The Morgan fingerprint density at radius 2 is 2.29 bits per heavy atom. The van der Waals surface area contributed by atoms with Gasteiger partial charge >= 0.3 is 0 Å². The second-order valence-corrected chi connectivity index (χ2v) is 5.54. The van der Waals surface area contributed by atoms with Gasteiger partial charge in [-0.05, 0) is 19.4 Å². The van der Waals surface area contributed by atoms with Crippen molar-refractivity contribution in [3.8, 4) is 0 Å². The summed E-state index contributed by atoms with van der Waals surface area (Å²) in [4.78, 5) is 2.81. The van der Waals surface area contributed by atoms with Gasteiger partial charge in [0.05, 0.1) is 11.5 Å². The Kier molecular flexibility index (Phi) is 5.13. The summed E-state index contributed by atoms with van der Waals surface area (Å²) in [6, 6.07) is 1.21. The molecular weight excluding hydrogens is 244 g/mol. The van der Waals surface area contributed by atoms with Crippen molar-refractivity contribution in [3.05, 3.63) is 18.0 Å². The average Bonchev–Trinajstić information content (AvgIpc) is 2.75. The number of ether oxygens (including phenoxy) is 1. The Hall–Kier alpha value is -0.890. The zero-order chi connectivity index (χ0) is 12.9. The smallest absolute Gasteiger partial charge is 0.242 e. The molecule has 0 saturated carbocycles. The van der Waals surface area contributed by atoms with E-state index in [0.717, 1.165) is 0 Å². The molecule has 1 aromatic rings. The zero-order valence-corrected chi connectivity index (χ0v) is 10.8. The molecule has 17 heavy (non-hydrogen) atoms. The highest BCUT2D eigenvalue weighted by atomic mass is 32.2. The molecule has 1 rings (SSSR count). The maximum Gasteiger partial charge on any atom is 0.242 e. The van der Waals surface area contributed by atoms with Crippen molar-refractivity contribution in [1.82, 2.24) is 9.71 Å². The first kappa shape index (κ1) is 14.2. The van der Waals surface area contributed by atoms with E-state index < -0.39 is 10.0 Å². The summed E-state index contributed by atoms with van der Waals surface area (Å²) >= 11 is 0. The van der Waals surface area contributed by atoms with Crippen LogP contribution in [0.5, 0.6) is 0 Å². The van der Waals surface area contributed by atoms with Crippen LogP contribution in [0.4, 0.5) is 0 Å². The van der Waals surface area contributed by atoms with E-state index in [4.69, 9.17) is 9.84 Å². The fourth-order valence-electron chi connectivity index (χ4n) is 1.35. The first-order valence-electron chi connectivity index (χ1n) is 5.29. The van der Waals surface area contributed by atoms with Crippen LogP contribution in [-0.4, -0.2) is 38.3 Å². The molecule has 1 atom stereocenters. The van der Waals surface area contributed by atoms with E-state index in [1.165, 1.54) is 12.3 Å². The average molecular weight is 262 g/mol. The molecule has 0 aliphatic carbocycles. The number of aliphatic hydroxyl groups is 1. The maximum atomic E-state index is 11.9. The maximum absolute atomic E-state index is 11.9. The molecule has 0 aliphatic rings. The number of aliphatic hydroxyl groups excluding tert-OH is 1. The Morgan fingerprint density at radius 1 is 1.59 bits per heavy atom. The van der Waals surface area contributed by atoms with Gasteiger partial charge in [0.1, 0.15) is 0 Å². The van der Waals surface area contributed by atoms with E-state index in [1.54, 1.807) is 14.0 Å². The standard InChI is InChI=1S/C10H18N2O4S/c1-8(3-4-16-2)12-17(14,15)10-5-9(7-13)11-6-10/h5-6,8,11-13H,3-4,7H2,1-2H3. The van der Waals surface area contributed by atoms with E-state index in [0.29, 0.717) is 18.7 Å². The number of aromatic nitrogens is 1. The Bertz CT molecular complexity index is 441. The van der Waals surface area contributed by atoms with Crippen LogP contribution in [0.2, 0.25) is 0 Å². The minimum atomic E-state index is -3.53. The summed E-state index contributed by atoms with van der Waals surface area (Å²) in [6.45, 7) is 2.06. The number of methoxy groups -OCH3 is 1. The molecule has 0 aliphatic heterocycles. The van der Waals surface area contributed by atoms with Crippen LogP contribution in [0.25, 0.3) is 0 Å². The quantitative estimate of drug-likeness (QED) is 0.655. The lowest BCUT2D eigenvalue weighted by Crippen LogP contribution is -2.33. The molecule has 0 aromatic carbocycles. The van der Waals surface area contributed by atoms with E-state index in [9.17, 15) is 8.42 Å². The van der Waals surface area contributed by atoms with Crippen LogP contribution >= 0.6 is 0 Å². The van der Waals surface area contributed by atoms with Gasteiger partial charge in [0, 0.05) is 31.6 Å². The third-order valence-electron chi connectivity index (χ3n) is 2.31. The minimum Gasteiger partial charge on any atom is -0.390 e. The zero-order valence-electron chi connectivity index (χ0n) is 9.93. The van der Waals surface area contributed by atoms with E-state index >= 15 is 0 Å². The molecule has 0 bridgehead atoms. The molecule has 0 radical (unpaired) electrons. The van der Waals surface area contributed by atoms with Crippen molar-refractivity contribution in [1.29, 1.82) is 0 Å². The molecule has 7 heteroatoms. The fraction of sp³-hybridized carbons (Fsp3) is 0.600. The molecule has 0 saturated heterocycles. The summed E-state index contributed by atoms with van der Waals surface area (Å²) in [6.07, 6.45) is 1.96. The van der Waals surface area contributed by atoms with Crippen molar-refractivity contribution >= 4 is 10.0 Å². The second kappa shape index (κ2) is 6.15. The lowest BCUT2D eigenvalue weighted by molar-refractivity contribution is 0.188. The van der Waals surface area contributed by atoms with Crippen molar-refractivity contribution in [3.63, 3.8) is 0 Å². The number of sulfonamides is 1. The third kappa shape index (κ3) is 4.12. The lowest BCUT2D eigenvalue weighted by Gasteiger charge is -2.12. The second-order valence-electron chi connectivity index (χ2n) is 3.82. The van der Waals surface area contributed by atoms with Gasteiger partial charge < -0.3 is 14.8 Å². The summed E-state index contributed by atoms with van der Waals surface area (Å²) in [5.41, 5.74) is 0.468. The monoisotopic (exact) mass is 262 g/mol. The van der Waals surface area contributed by atoms with Gasteiger partial charge in [-0.3, -0.25) is 0 Å². The van der Waals surface area contributed by atoms with Crippen LogP contribution in [0.3, 0.4) is 0 Å². The molecule has 98 valence electrons. The molecule has 0 spiro atoms. The molecule has 1 heterocycles. The summed E-state index contributed by atoms with van der Waals surface area (Å²) in [7, 11) is -1.96. The summed E-state index contributed by atoms with van der Waals surface area (Å²) < 4.78 is 31.2. The SMILES string of the molecule is COCCC(C)NS(=O)(=O)c1c[nH]c(CO)c1. The number of hydrogen-bond donors (Lipinski definition) is 3. The van der Waals surface area contributed by atoms with Gasteiger partial charge in [-0.1, -0.05) is 0 Å². The van der Waals surface area contributed by atoms with Crippen LogP contribution in [0, 0.1) is 0 Å². The summed E-state index contributed by atoms with van der Waals surface area (Å²) in [5.74, 6) is 0. The molecule has 6 nitrogen and oxygen atoms in total. The molecule has 0 amide bonds. The highest BCUT2D eigenvalue weighted by Crippen LogP contribution is 2.11. The third-order valence-corrected chi connectivity index (χ3v) is 3.88. The largest absolute Gasteiger partial charge is 0.390 e. The van der Waals surface area contributed by atoms with Gasteiger partial charge in [0.2, 0.25) is 10.0 Å². The van der Waals surface area contributed by atoms with Crippen molar-refractivity contribution in [2.45, 2.75) is 30.9 Å². The number of H-pyrrole nitrogens is 1. The normalized spacial score (nSPS) is 13.8. The number of rotatable bonds is 7. The molecule has 1 aromatic heterocycles. The van der Waals surface area contributed by atoms with Crippen LogP contribution in [0.1, 0.15) is 19.0 Å². The number of aromatic amines is 1. The number of nitrogens with one attached hydrogen (secondary N) is 2. The Balaban J connectivity index is 2.68. The fourth-order valence-corrected chi connectivity index (χ4v) is 2.65. The molecule has 3 N–H and O–H groups in total. The Labute approximate surface area is 101 Å². The predicted octanol–water partition coefficient (Wildman–Crippen LogP) is 0.210.